The maximum absolute atomic E-state index is 12.9. The van der Waals surface area contributed by atoms with Crippen LogP contribution in [0.1, 0.15) is 6.92 Å². The van der Waals surface area contributed by atoms with Crippen LogP contribution in [0.25, 0.3) is 0 Å². The van der Waals surface area contributed by atoms with E-state index in [1.54, 1.807) is 25.1 Å². The van der Waals surface area contributed by atoms with Gasteiger partial charge in [-0.15, -0.1) is 5.92 Å². The molecule has 1 aromatic rings. The van der Waals surface area contributed by atoms with Crippen molar-refractivity contribution < 1.29 is 4.39 Å². The smallest absolute Gasteiger partial charge is 0.146 e. The van der Waals surface area contributed by atoms with Crippen molar-refractivity contribution in [2.45, 2.75) is 6.92 Å². The summed E-state index contributed by atoms with van der Waals surface area (Å²) in [6.07, 6.45) is 0. The largest absolute Gasteiger partial charge is 0.372 e. The first-order chi connectivity index (χ1) is 5.84. The van der Waals surface area contributed by atoms with Crippen molar-refractivity contribution in [3.63, 3.8) is 0 Å². The van der Waals surface area contributed by atoms with Gasteiger partial charge >= 0.3 is 0 Å². The highest BCUT2D eigenvalue weighted by molar-refractivity contribution is 5.45. The molecule has 0 aliphatic heterocycles. The number of nitrogens with one attached hydrogen (secondary N) is 1. The summed E-state index contributed by atoms with van der Waals surface area (Å²) in [4.78, 5) is 0. The second kappa shape index (κ2) is 4.40. The third kappa shape index (κ3) is 2.28. The molecule has 0 heterocycles. The molecule has 0 unspecified atom stereocenters. The molecule has 0 bridgehead atoms. The summed E-state index contributed by atoms with van der Waals surface area (Å²) in [5.41, 5.74) is 0.500. The molecule has 1 nitrogen and oxygen atoms in total. The zero-order valence-corrected chi connectivity index (χ0v) is 6.89. The normalized spacial score (nSPS) is 8.50. The first kappa shape index (κ1) is 8.61. The van der Waals surface area contributed by atoms with Crippen LogP contribution in [-0.2, 0) is 0 Å². The van der Waals surface area contributed by atoms with Crippen molar-refractivity contribution in [2.24, 2.45) is 0 Å². The third-order valence-electron chi connectivity index (χ3n) is 1.42. The molecule has 0 atom stereocenters. The lowest BCUT2D eigenvalue weighted by Gasteiger charge is -2.01. The van der Waals surface area contributed by atoms with Gasteiger partial charge in [0.1, 0.15) is 5.82 Å². The van der Waals surface area contributed by atoms with Gasteiger partial charge in [0, 0.05) is 0 Å². The second-order valence-corrected chi connectivity index (χ2v) is 2.26. The molecule has 0 saturated carbocycles. The molecule has 0 saturated heterocycles. The van der Waals surface area contributed by atoms with E-state index >= 15 is 0 Å². The molecule has 0 amide bonds. The maximum Gasteiger partial charge on any atom is 0.146 e. The molecular formula is C10H10FN. The van der Waals surface area contributed by atoms with Crippen LogP contribution in [0, 0.1) is 17.7 Å². The average Bonchev–Trinajstić information content (AvgIpc) is 2.09. The van der Waals surface area contributed by atoms with Gasteiger partial charge in [-0.25, -0.2) is 4.39 Å². The fourth-order valence-corrected chi connectivity index (χ4v) is 0.832. The van der Waals surface area contributed by atoms with Gasteiger partial charge in [-0.2, -0.15) is 0 Å². The first-order valence-corrected chi connectivity index (χ1v) is 3.72. The van der Waals surface area contributed by atoms with E-state index in [0.29, 0.717) is 12.2 Å². The number of benzene rings is 1. The van der Waals surface area contributed by atoms with Gasteiger partial charge in [0.2, 0.25) is 0 Å². The number of para-hydroxylation sites is 1. The van der Waals surface area contributed by atoms with Crippen LogP contribution >= 0.6 is 0 Å². The summed E-state index contributed by atoms with van der Waals surface area (Å²) in [5.74, 6) is 5.28. The van der Waals surface area contributed by atoms with Crippen LogP contribution in [0.15, 0.2) is 24.3 Å². The molecule has 0 radical (unpaired) electrons. The van der Waals surface area contributed by atoms with Crippen LogP contribution in [0.2, 0.25) is 0 Å². The predicted molar refractivity (Wildman–Crippen MR) is 48.3 cm³/mol. The van der Waals surface area contributed by atoms with E-state index in [-0.39, 0.29) is 5.82 Å². The number of halogens is 1. The van der Waals surface area contributed by atoms with Crippen LogP contribution in [0.4, 0.5) is 10.1 Å². The molecule has 0 aliphatic carbocycles. The fourth-order valence-electron chi connectivity index (χ4n) is 0.832. The van der Waals surface area contributed by atoms with Crippen LogP contribution < -0.4 is 5.32 Å². The SMILES string of the molecule is CC#CCNc1ccccc1F. The predicted octanol–water partition coefficient (Wildman–Crippen LogP) is 2.26. The molecule has 12 heavy (non-hydrogen) atoms. The van der Waals surface area contributed by atoms with E-state index in [4.69, 9.17) is 0 Å². The Hall–Kier alpha value is -1.49. The van der Waals surface area contributed by atoms with Gasteiger partial charge in [-0.1, -0.05) is 18.1 Å². The minimum absolute atomic E-state index is 0.240. The maximum atomic E-state index is 12.9. The second-order valence-electron chi connectivity index (χ2n) is 2.26. The van der Waals surface area contributed by atoms with Crippen molar-refractivity contribution in [3.8, 4) is 11.8 Å². The molecule has 62 valence electrons. The minimum atomic E-state index is -0.240. The van der Waals surface area contributed by atoms with Crippen LogP contribution in [0.3, 0.4) is 0 Å². The Morgan fingerprint density at radius 3 is 2.83 bits per heavy atom. The van der Waals surface area contributed by atoms with Gasteiger partial charge in [0.15, 0.2) is 0 Å². The third-order valence-corrected chi connectivity index (χ3v) is 1.42. The summed E-state index contributed by atoms with van der Waals surface area (Å²) >= 11 is 0. The highest BCUT2D eigenvalue weighted by Crippen LogP contribution is 2.11. The molecule has 1 N–H and O–H groups in total. The molecule has 0 fully saturated rings. The number of rotatable bonds is 2. The van der Waals surface area contributed by atoms with E-state index in [9.17, 15) is 4.39 Å². The zero-order valence-electron chi connectivity index (χ0n) is 6.89. The Morgan fingerprint density at radius 2 is 2.17 bits per heavy atom. The van der Waals surface area contributed by atoms with Crippen molar-refractivity contribution in [3.05, 3.63) is 30.1 Å². The van der Waals surface area contributed by atoms with E-state index in [1.165, 1.54) is 6.07 Å². The van der Waals surface area contributed by atoms with Crippen molar-refractivity contribution in [1.29, 1.82) is 0 Å². The Kier molecular flexibility index (Phi) is 3.16. The van der Waals surface area contributed by atoms with E-state index in [1.807, 2.05) is 0 Å². The summed E-state index contributed by atoms with van der Waals surface area (Å²) < 4.78 is 12.9. The van der Waals surface area contributed by atoms with Gasteiger partial charge in [0.25, 0.3) is 0 Å². The number of hydrogen-bond acceptors (Lipinski definition) is 1. The lowest BCUT2D eigenvalue weighted by Crippen LogP contribution is -2.00. The highest BCUT2D eigenvalue weighted by Gasteiger charge is 1.95. The summed E-state index contributed by atoms with van der Waals surface area (Å²) in [6, 6.07) is 6.55. The quantitative estimate of drug-likeness (QED) is 0.659. The number of anilines is 1. The summed E-state index contributed by atoms with van der Waals surface area (Å²) in [6.45, 7) is 2.24. The van der Waals surface area contributed by atoms with Crippen molar-refractivity contribution >= 4 is 5.69 Å². The molecule has 2 heteroatoms. The van der Waals surface area contributed by atoms with E-state index < -0.39 is 0 Å². The molecule has 0 aromatic heterocycles. The topological polar surface area (TPSA) is 12.0 Å². The number of hydrogen-bond donors (Lipinski definition) is 1. The standard InChI is InChI=1S/C10H10FN/c1-2-3-8-12-10-7-5-4-6-9(10)11/h4-7,12H,8H2,1H3. The van der Waals surface area contributed by atoms with Gasteiger partial charge in [-0.3, -0.25) is 0 Å². The Morgan fingerprint density at radius 1 is 1.42 bits per heavy atom. The monoisotopic (exact) mass is 163 g/mol. The Labute approximate surface area is 71.6 Å². The Bertz CT molecular complexity index is 309. The molecule has 1 aromatic carbocycles. The van der Waals surface area contributed by atoms with Crippen molar-refractivity contribution in [1.82, 2.24) is 0 Å². The van der Waals surface area contributed by atoms with Gasteiger partial charge < -0.3 is 5.32 Å². The minimum Gasteiger partial charge on any atom is -0.372 e. The van der Waals surface area contributed by atoms with Crippen LogP contribution in [0.5, 0.6) is 0 Å². The average molecular weight is 163 g/mol. The van der Waals surface area contributed by atoms with E-state index in [2.05, 4.69) is 17.2 Å². The molecule has 0 spiro atoms. The fraction of sp³-hybridized carbons (Fsp3) is 0.200. The van der Waals surface area contributed by atoms with E-state index in [0.717, 1.165) is 0 Å². The molecular weight excluding hydrogens is 153 g/mol. The molecule has 1 rings (SSSR count). The Balaban J connectivity index is 2.61. The lowest BCUT2D eigenvalue weighted by atomic mass is 10.3. The van der Waals surface area contributed by atoms with Gasteiger partial charge in [0.05, 0.1) is 12.2 Å². The van der Waals surface area contributed by atoms with Crippen molar-refractivity contribution in [2.75, 3.05) is 11.9 Å². The first-order valence-electron chi connectivity index (χ1n) is 3.72. The van der Waals surface area contributed by atoms with Gasteiger partial charge in [-0.05, 0) is 19.1 Å². The van der Waals surface area contributed by atoms with Crippen LogP contribution in [-0.4, -0.2) is 6.54 Å². The lowest BCUT2D eigenvalue weighted by molar-refractivity contribution is 0.631. The molecule has 0 aliphatic rings. The summed E-state index contributed by atoms with van der Waals surface area (Å²) in [5, 5.41) is 2.87. The summed E-state index contributed by atoms with van der Waals surface area (Å²) in [7, 11) is 0. The zero-order chi connectivity index (χ0) is 8.81. The highest BCUT2D eigenvalue weighted by atomic mass is 19.1.